The lowest BCUT2D eigenvalue weighted by Gasteiger charge is -2.37. The van der Waals surface area contributed by atoms with Gasteiger partial charge in [-0.3, -0.25) is 9.10 Å². The van der Waals surface area contributed by atoms with Crippen molar-refractivity contribution in [2.75, 3.05) is 37.2 Å². The third-order valence-electron chi connectivity index (χ3n) is 6.10. The normalized spacial score (nSPS) is 18.3. The highest BCUT2D eigenvalue weighted by Crippen LogP contribution is 2.31. The fraction of sp³-hybridized carbons (Fsp3) is 0.500. The number of piperidine rings is 1. The molecule has 0 spiro atoms. The number of fused-ring (bicyclic) bond motifs is 1. The van der Waals surface area contributed by atoms with E-state index in [0.29, 0.717) is 24.3 Å². The molecule has 2 aromatic rings. The average molecular weight is 432 g/mol. The summed E-state index contributed by atoms with van der Waals surface area (Å²) in [4.78, 5) is 17.8. The lowest BCUT2D eigenvalue weighted by Crippen LogP contribution is -2.46. The fourth-order valence-electron chi connectivity index (χ4n) is 4.45. The van der Waals surface area contributed by atoms with Gasteiger partial charge in [-0.1, -0.05) is 0 Å². The van der Waals surface area contributed by atoms with Gasteiger partial charge >= 0.3 is 0 Å². The van der Waals surface area contributed by atoms with Crippen LogP contribution in [-0.4, -0.2) is 63.1 Å². The Morgan fingerprint density at radius 2 is 1.97 bits per heavy atom. The minimum absolute atomic E-state index is 0.0276. The molecule has 30 heavy (non-hydrogen) atoms. The molecular weight excluding hydrogens is 402 g/mol. The summed E-state index contributed by atoms with van der Waals surface area (Å²) in [6.07, 6.45) is 6.24. The Morgan fingerprint density at radius 3 is 2.63 bits per heavy atom. The lowest BCUT2D eigenvalue weighted by molar-refractivity contribution is 0.0550. The maximum absolute atomic E-state index is 13.6. The summed E-state index contributed by atoms with van der Waals surface area (Å²) in [6, 6.07) is 9.30. The van der Waals surface area contributed by atoms with E-state index in [1.807, 2.05) is 23.1 Å². The first-order chi connectivity index (χ1) is 14.3. The van der Waals surface area contributed by atoms with E-state index in [4.69, 9.17) is 4.42 Å². The maximum atomic E-state index is 13.6. The number of benzene rings is 1. The second-order valence-electron chi connectivity index (χ2n) is 8.33. The average Bonchev–Trinajstić information content (AvgIpc) is 3.24. The SMILES string of the molecule is CN1CCC(N(Cc2ccco2)C(=O)c2ccc3c(c2)CCCN3S(C)(=O)=O)CC1. The van der Waals surface area contributed by atoms with Crippen LogP contribution < -0.4 is 4.31 Å². The number of anilines is 1. The molecule has 2 aliphatic heterocycles. The number of carbonyl (C=O) groups is 1. The van der Waals surface area contributed by atoms with Crippen molar-refractivity contribution in [1.29, 1.82) is 0 Å². The third-order valence-corrected chi connectivity index (χ3v) is 7.28. The van der Waals surface area contributed by atoms with Gasteiger partial charge in [0.25, 0.3) is 5.91 Å². The van der Waals surface area contributed by atoms with Gasteiger partial charge in [0.15, 0.2) is 0 Å². The molecule has 2 aliphatic rings. The van der Waals surface area contributed by atoms with E-state index in [9.17, 15) is 13.2 Å². The van der Waals surface area contributed by atoms with E-state index in [0.717, 1.165) is 50.1 Å². The van der Waals surface area contributed by atoms with E-state index in [1.165, 1.54) is 10.6 Å². The topological polar surface area (TPSA) is 74.1 Å². The van der Waals surface area contributed by atoms with Gasteiger partial charge in [-0.15, -0.1) is 0 Å². The number of likely N-dealkylation sites (tertiary alicyclic amines) is 1. The lowest BCUT2D eigenvalue weighted by atomic mass is 9.98. The second kappa shape index (κ2) is 8.43. The minimum atomic E-state index is -3.32. The van der Waals surface area contributed by atoms with Crippen LogP contribution in [0.2, 0.25) is 0 Å². The molecule has 0 aliphatic carbocycles. The molecule has 4 rings (SSSR count). The molecule has 7 nitrogen and oxygen atoms in total. The molecule has 162 valence electrons. The molecule has 1 saturated heterocycles. The number of amides is 1. The van der Waals surface area contributed by atoms with E-state index in [1.54, 1.807) is 18.4 Å². The summed E-state index contributed by atoms with van der Waals surface area (Å²) >= 11 is 0. The van der Waals surface area contributed by atoms with E-state index in [2.05, 4.69) is 11.9 Å². The smallest absolute Gasteiger partial charge is 0.254 e. The van der Waals surface area contributed by atoms with Crippen molar-refractivity contribution in [2.45, 2.75) is 38.3 Å². The van der Waals surface area contributed by atoms with Crippen LogP contribution in [0, 0.1) is 0 Å². The number of furan rings is 1. The zero-order valence-electron chi connectivity index (χ0n) is 17.6. The zero-order chi connectivity index (χ0) is 21.3. The Labute approximate surface area is 178 Å². The molecule has 0 bridgehead atoms. The second-order valence-corrected chi connectivity index (χ2v) is 10.2. The number of carbonyl (C=O) groups excluding carboxylic acids is 1. The van der Waals surface area contributed by atoms with Gasteiger partial charge in [-0.25, -0.2) is 8.42 Å². The van der Waals surface area contributed by atoms with Gasteiger partial charge in [0.05, 0.1) is 24.8 Å². The fourth-order valence-corrected chi connectivity index (χ4v) is 5.45. The van der Waals surface area contributed by atoms with Gasteiger partial charge < -0.3 is 14.2 Å². The largest absolute Gasteiger partial charge is 0.467 e. The Morgan fingerprint density at radius 1 is 1.20 bits per heavy atom. The molecule has 0 saturated carbocycles. The Bertz CT molecular complexity index is 995. The van der Waals surface area contributed by atoms with Crippen molar-refractivity contribution in [3.63, 3.8) is 0 Å². The number of hydrogen-bond acceptors (Lipinski definition) is 5. The quantitative estimate of drug-likeness (QED) is 0.728. The van der Waals surface area contributed by atoms with Gasteiger partial charge in [-0.2, -0.15) is 0 Å². The molecule has 0 atom stereocenters. The van der Waals surface area contributed by atoms with Crippen molar-refractivity contribution in [1.82, 2.24) is 9.80 Å². The van der Waals surface area contributed by atoms with Gasteiger partial charge in [0.1, 0.15) is 5.76 Å². The van der Waals surface area contributed by atoms with E-state index < -0.39 is 10.0 Å². The van der Waals surface area contributed by atoms with Crippen molar-refractivity contribution in [3.05, 3.63) is 53.5 Å². The number of aryl methyl sites for hydroxylation is 1. The van der Waals surface area contributed by atoms with Gasteiger partial charge in [-0.05, 0) is 81.7 Å². The number of rotatable bonds is 5. The maximum Gasteiger partial charge on any atom is 0.254 e. The summed E-state index contributed by atoms with van der Waals surface area (Å²) < 4.78 is 31.2. The summed E-state index contributed by atoms with van der Waals surface area (Å²) in [5.74, 6) is 0.740. The summed E-state index contributed by atoms with van der Waals surface area (Å²) in [5, 5.41) is 0. The first kappa shape index (κ1) is 20.9. The van der Waals surface area contributed by atoms with Crippen LogP contribution in [0.15, 0.2) is 41.0 Å². The molecular formula is C22H29N3O4S. The molecule has 8 heteroatoms. The summed E-state index contributed by atoms with van der Waals surface area (Å²) in [5.41, 5.74) is 2.21. The van der Waals surface area contributed by atoms with Crippen molar-refractivity contribution >= 4 is 21.6 Å². The summed E-state index contributed by atoms with van der Waals surface area (Å²) in [7, 11) is -1.22. The molecule has 0 unspecified atom stereocenters. The van der Waals surface area contributed by atoms with Crippen LogP contribution >= 0.6 is 0 Å². The number of hydrogen-bond donors (Lipinski definition) is 0. The highest BCUT2D eigenvalue weighted by Gasteiger charge is 2.30. The van der Waals surface area contributed by atoms with E-state index >= 15 is 0 Å². The highest BCUT2D eigenvalue weighted by molar-refractivity contribution is 7.92. The molecule has 0 radical (unpaired) electrons. The van der Waals surface area contributed by atoms with Gasteiger partial charge in [0, 0.05) is 18.2 Å². The molecule has 1 aromatic heterocycles. The molecule has 0 N–H and O–H groups in total. The molecule has 1 amide bonds. The minimum Gasteiger partial charge on any atom is -0.467 e. The van der Waals surface area contributed by atoms with Gasteiger partial charge in [0.2, 0.25) is 10.0 Å². The molecule has 1 fully saturated rings. The Hall–Kier alpha value is -2.32. The number of nitrogens with zero attached hydrogens (tertiary/aromatic N) is 3. The molecule has 1 aromatic carbocycles. The van der Waals surface area contributed by atoms with Crippen LogP contribution in [0.3, 0.4) is 0 Å². The van der Waals surface area contributed by atoms with Crippen LogP contribution in [-0.2, 0) is 23.0 Å². The van der Waals surface area contributed by atoms with E-state index in [-0.39, 0.29) is 11.9 Å². The Kier molecular flexibility index (Phi) is 5.88. The first-order valence-electron chi connectivity index (χ1n) is 10.5. The monoisotopic (exact) mass is 431 g/mol. The van der Waals surface area contributed by atoms with Crippen molar-refractivity contribution < 1.29 is 17.6 Å². The molecule has 3 heterocycles. The highest BCUT2D eigenvalue weighted by atomic mass is 32.2. The zero-order valence-corrected chi connectivity index (χ0v) is 18.4. The predicted molar refractivity (Wildman–Crippen MR) is 116 cm³/mol. The third kappa shape index (κ3) is 4.39. The van der Waals surface area contributed by atoms with Crippen LogP contribution in [0.4, 0.5) is 5.69 Å². The predicted octanol–water partition coefficient (Wildman–Crippen LogP) is 2.73. The van der Waals surface area contributed by atoms with Crippen LogP contribution in [0.1, 0.15) is 40.9 Å². The first-order valence-corrected chi connectivity index (χ1v) is 12.3. The Balaban J connectivity index is 1.62. The van der Waals surface area contributed by atoms with Crippen molar-refractivity contribution in [2.24, 2.45) is 0 Å². The van der Waals surface area contributed by atoms with Crippen LogP contribution in [0.5, 0.6) is 0 Å². The number of sulfonamides is 1. The van der Waals surface area contributed by atoms with Crippen molar-refractivity contribution in [3.8, 4) is 0 Å². The van der Waals surface area contributed by atoms with Crippen LogP contribution in [0.25, 0.3) is 0 Å². The standard InChI is InChI=1S/C22H29N3O4S/c1-23-12-9-19(10-13-23)24(16-20-6-4-14-29-20)22(26)18-7-8-21-17(15-18)5-3-11-25(21)30(2,27)28/h4,6-8,14-15,19H,3,5,9-13,16H2,1-2H3. The summed E-state index contributed by atoms with van der Waals surface area (Å²) in [6.45, 7) is 2.84.